The van der Waals surface area contributed by atoms with Crippen LogP contribution in [0.3, 0.4) is 0 Å². The zero-order valence-corrected chi connectivity index (χ0v) is 10.6. The highest BCUT2D eigenvalue weighted by atomic mass is 16.6. The number of hydrogen-bond acceptors (Lipinski definition) is 4. The van der Waals surface area contributed by atoms with Crippen molar-refractivity contribution in [3.05, 3.63) is 28.3 Å². The highest BCUT2D eigenvalue weighted by Gasteiger charge is 2.18. The highest BCUT2D eigenvalue weighted by molar-refractivity contribution is 5.66. The van der Waals surface area contributed by atoms with Gasteiger partial charge >= 0.3 is 0 Å². The molecular formula is C13H19N3O2. The van der Waals surface area contributed by atoms with Crippen LogP contribution in [0.4, 0.5) is 17.1 Å². The predicted octanol–water partition coefficient (Wildman–Crippen LogP) is 3.17. The van der Waals surface area contributed by atoms with Gasteiger partial charge in [0.1, 0.15) is 5.69 Å². The lowest BCUT2D eigenvalue weighted by atomic mass is 9.87. The first-order chi connectivity index (χ1) is 8.56. The molecule has 0 amide bonds. The molecule has 0 aromatic heterocycles. The molecule has 5 heteroatoms. The molecule has 0 radical (unpaired) electrons. The van der Waals surface area contributed by atoms with Crippen LogP contribution in [-0.2, 0) is 0 Å². The minimum Gasteiger partial charge on any atom is -0.393 e. The molecule has 2 rings (SSSR count). The van der Waals surface area contributed by atoms with Crippen molar-refractivity contribution in [1.82, 2.24) is 0 Å². The lowest BCUT2D eigenvalue weighted by Gasteiger charge is -2.27. The fourth-order valence-corrected chi connectivity index (χ4v) is 2.45. The first-order valence-electron chi connectivity index (χ1n) is 6.36. The van der Waals surface area contributed by atoms with Crippen molar-refractivity contribution in [2.24, 2.45) is 5.92 Å². The van der Waals surface area contributed by atoms with E-state index in [2.05, 4.69) is 12.2 Å². The third-order valence-corrected chi connectivity index (χ3v) is 3.61. The summed E-state index contributed by atoms with van der Waals surface area (Å²) in [5.41, 5.74) is 6.73. The van der Waals surface area contributed by atoms with Gasteiger partial charge in [0, 0.05) is 17.8 Å². The van der Waals surface area contributed by atoms with Crippen molar-refractivity contribution in [2.75, 3.05) is 11.1 Å². The molecule has 3 N–H and O–H groups in total. The Labute approximate surface area is 107 Å². The van der Waals surface area contributed by atoms with Crippen LogP contribution in [-0.4, -0.2) is 11.0 Å². The van der Waals surface area contributed by atoms with E-state index in [4.69, 9.17) is 5.73 Å². The van der Waals surface area contributed by atoms with Gasteiger partial charge in [-0.2, -0.15) is 0 Å². The van der Waals surface area contributed by atoms with Gasteiger partial charge in [0.15, 0.2) is 0 Å². The van der Waals surface area contributed by atoms with E-state index in [9.17, 15) is 10.1 Å². The minimum absolute atomic E-state index is 0.0298. The highest BCUT2D eigenvalue weighted by Crippen LogP contribution is 2.29. The van der Waals surface area contributed by atoms with Crippen molar-refractivity contribution in [2.45, 2.75) is 38.6 Å². The third-order valence-electron chi connectivity index (χ3n) is 3.61. The van der Waals surface area contributed by atoms with Gasteiger partial charge in [0.05, 0.1) is 4.92 Å². The van der Waals surface area contributed by atoms with Crippen molar-refractivity contribution in [3.8, 4) is 0 Å². The number of nitrogens with one attached hydrogen (secondary N) is 1. The van der Waals surface area contributed by atoms with Crippen LogP contribution in [0.1, 0.15) is 32.6 Å². The Kier molecular flexibility index (Phi) is 3.69. The fourth-order valence-electron chi connectivity index (χ4n) is 2.45. The molecule has 0 atom stereocenters. The molecule has 5 nitrogen and oxygen atoms in total. The first-order valence-corrected chi connectivity index (χ1v) is 6.36. The molecule has 98 valence electrons. The van der Waals surface area contributed by atoms with Gasteiger partial charge in [-0.25, -0.2) is 0 Å². The summed E-state index contributed by atoms with van der Waals surface area (Å²) in [5, 5.41) is 14.1. The maximum absolute atomic E-state index is 10.7. The number of rotatable bonds is 3. The van der Waals surface area contributed by atoms with Crippen LogP contribution < -0.4 is 11.1 Å². The number of nitro benzene ring substituents is 1. The Morgan fingerprint density at radius 2 is 2.00 bits per heavy atom. The summed E-state index contributed by atoms with van der Waals surface area (Å²) in [4.78, 5) is 10.2. The summed E-state index contributed by atoms with van der Waals surface area (Å²) in [6.07, 6.45) is 4.77. The van der Waals surface area contributed by atoms with Crippen LogP contribution in [0.15, 0.2) is 18.2 Å². The Hall–Kier alpha value is -1.78. The number of anilines is 2. The zero-order chi connectivity index (χ0) is 13.1. The Balaban J connectivity index is 2.02. The summed E-state index contributed by atoms with van der Waals surface area (Å²) >= 11 is 0. The quantitative estimate of drug-likeness (QED) is 0.489. The third kappa shape index (κ3) is 2.91. The van der Waals surface area contributed by atoms with Gasteiger partial charge < -0.3 is 11.1 Å². The summed E-state index contributed by atoms with van der Waals surface area (Å²) in [6, 6.07) is 5.30. The minimum atomic E-state index is -0.457. The molecule has 1 aromatic rings. The van der Waals surface area contributed by atoms with E-state index < -0.39 is 4.92 Å². The molecule has 0 aliphatic heterocycles. The van der Waals surface area contributed by atoms with E-state index in [0.717, 1.165) is 24.4 Å². The molecule has 0 unspecified atom stereocenters. The molecule has 1 aliphatic carbocycles. The number of nitrogens with two attached hydrogens (primary N) is 1. The monoisotopic (exact) mass is 249 g/mol. The summed E-state index contributed by atoms with van der Waals surface area (Å²) in [6.45, 7) is 2.28. The van der Waals surface area contributed by atoms with Crippen LogP contribution in [0, 0.1) is 16.0 Å². The maximum Gasteiger partial charge on any atom is 0.292 e. The number of nitrogen functional groups attached to an aromatic ring is 1. The second-order valence-electron chi connectivity index (χ2n) is 5.13. The van der Waals surface area contributed by atoms with E-state index in [1.165, 1.54) is 18.9 Å². The van der Waals surface area contributed by atoms with Gasteiger partial charge in [-0.05, 0) is 43.7 Å². The molecular weight excluding hydrogens is 230 g/mol. The zero-order valence-electron chi connectivity index (χ0n) is 10.6. The number of hydrogen-bond donors (Lipinski definition) is 2. The Morgan fingerprint density at radius 1 is 1.33 bits per heavy atom. The lowest BCUT2D eigenvalue weighted by molar-refractivity contribution is -0.383. The predicted molar refractivity (Wildman–Crippen MR) is 72.6 cm³/mol. The molecule has 0 bridgehead atoms. The summed E-state index contributed by atoms with van der Waals surface area (Å²) in [7, 11) is 0. The molecule has 1 aliphatic rings. The van der Waals surface area contributed by atoms with Crippen molar-refractivity contribution in [1.29, 1.82) is 0 Å². The molecule has 0 saturated heterocycles. The Morgan fingerprint density at radius 3 is 2.56 bits per heavy atom. The van der Waals surface area contributed by atoms with Gasteiger partial charge in [-0.1, -0.05) is 6.92 Å². The van der Waals surface area contributed by atoms with Crippen LogP contribution in [0.25, 0.3) is 0 Å². The Bertz CT molecular complexity index is 440. The van der Waals surface area contributed by atoms with Crippen molar-refractivity contribution < 1.29 is 4.92 Å². The van der Waals surface area contributed by atoms with E-state index in [-0.39, 0.29) is 11.4 Å². The average molecular weight is 249 g/mol. The largest absolute Gasteiger partial charge is 0.393 e. The molecule has 1 aromatic carbocycles. The SMILES string of the molecule is CC1CCC(Nc2ccc([N+](=O)[O-])c(N)c2)CC1. The summed E-state index contributed by atoms with van der Waals surface area (Å²) in [5.74, 6) is 0.810. The fraction of sp³-hybridized carbons (Fsp3) is 0.538. The maximum atomic E-state index is 10.7. The van der Waals surface area contributed by atoms with Gasteiger partial charge in [-0.15, -0.1) is 0 Å². The van der Waals surface area contributed by atoms with Crippen LogP contribution in [0.2, 0.25) is 0 Å². The second kappa shape index (κ2) is 5.25. The van der Waals surface area contributed by atoms with E-state index >= 15 is 0 Å². The second-order valence-corrected chi connectivity index (χ2v) is 5.13. The molecule has 1 fully saturated rings. The van der Waals surface area contributed by atoms with E-state index in [0.29, 0.717) is 6.04 Å². The lowest BCUT2D eigenvalue weighted by Crippen LogP contribution is -2.25. The van der Waals surface area contributed by atoms with Crippen LogP contribution in [0.5, 0.6) is 0 Å². The number of nitrogens with zero attached hydrogens (tertiary/aromatic N) is 1. The van der Waals surface area contributed by atoms with Gasteiger partial charge in [0.25, 0.3) is 5.69 Å². The average Bonchev–Trinajstić information content (AvgIpc) is 2.32. The van der Waals surface area contributed by atoms with E-state index in [1.54, 1.807) is 12.1 Å². The number of benzene rings is 1. The van der Waals surface area contributed by atoms with Crippen molar-refractivity contribution >= 4 is 17.1 Å². The normalized spacial score (nSPS) is 23.6. The van der Waals surface area contributed by atoms with Gasteiger partial charge in [-0.3, -0.25) is 10.1 Å². The molecule has 1 saturated carbocycles. The van der Waals surface area contributed by atoms with E-state index in [1.807, 2.05) is 0 Å². The standard InChI is InChI=1S/C13H19N3O2/c1-9-2-4-10(5-3-9)15-11-6-7-13(16(17)18)12(14)8-11/h6-10,15H,2-5,14H2,1H3. The molecule has 18 heavy (non-hydrogen) atoms. The van der Waals surface area contributed by atoms with Crippen LogP contribution >= 0.6 is 0 Å². The number of nitro groups is 1. The first kappa shape index (κ1) is 12.7. The van der Waals surface area contributed by atoms with Crippen molar-refractivity contribution in [3.63, 3.8) is 0 Å². The topological polar surface area (TPSA) is 81.2 Å². The molecule has 0 spiro atoms. The smallest absolute Gasteiger partial charge is 0.292 e. The molecule has 0 heterocycles. The summed E-state index contributed by atoms with van der Waals surface area (Å²) < 4.78 is 0. The van der Waals surface area contributed by atoms with Gasteiger partial charge in [0.2, 0.25) is 0 Å².